The predicted octanol–water partition coefficient (Wildman–Crippen LogP) is 7.18. The first-order valence-corrected chi connectivity index (χ1v) is 25.8. The van der Waals surface area contributed by atoms with Gasteiger partial charge in [-0.05, 0) is 78.4 Å². The van der Waals surface area contributed by atoms with E-state index in [9.17, 15) is 32.7 Å². The Balaban J connectivity index is 0.000000195. The second kappa shape index (κ2) is 21.5. The fourth-order valence-electron chi connectivity index (χ4n) is 7.30. The summed E-state index contributed by atoms with van der Waals surface area (Å²) in [6.07, 6.45) is 4.73. The van der Waals surface area contributed by atoms with Crippen molar-refractivity contribution in [3.8, 4) is 0 Å². The topological polar surface area (TPSA) is 238 Å². The van der Waals surface area contributed by atoms with E-state index in [-0.39, 0.29) is 34.5 Å². The molecule has 0 radical (unpaired) electrons. The molecule has 6 aromatic rings. The zero-order valence-electron chi connectivity index (χ0n) is 35.3. The largest absolute Gasteiger partial charge is 0.477 e. The van der Waals surface area contributed by atoms with Crippen molar-refractivity contribution in [2.75, 3.05) is 65.3 Å². The summed E-state index contributed by atoms with van der Waals surface area (Å²) in [6.45, 7) is 3.05. The van der Waals surface area contributed by atoms with Crippen LogP contribution in [0.25, 0.3) is 0 Å². The molecular weight excluding hydrogens is 931 g/mol. The Labute approximate surface area is 391 Å². The van der Waals surface area contributed by atoms with Crippen LogP contribution in [0, 0.1) is 0 Å². The van der Waals surface area contributed by atoms with Crippen molar-refractivity contribution in [1.29, 1.82) is 0 Å². The van der Waals surface area contributed by atoms with Crippen molar-refractivity contribution < 1.29 is 37.4 Å². The number of benzene rings is 2. The number of hydrogen-bond acceptors (Lipinski definition) is 17. The molecule has 0 atom stereocenters. The normalized spacial score (nSPS) is 14.6. The summed E-state index contributed by atoms with van der Waals surface area (Å²) in [6, 6.07) is 18.9. The minimum Gasteiger partial charge on any atom is -0.477 e. The molecule has 4 aromatic heterocycles. The number of aromatic carboxylic acids is 1. The van der Waals surface area contributed by atoms with Gasteiger partial charge >= 0.3 is 11.9 Å². The van der Waals surface area contributed by atoms with Gasteiger partial charge in [0, 0.05) is 55.4 Å². The van der Waals surface area contributed by atoms with Gasteiger partial charge in [-0.1, -0.05) is 24.3 Å². The fourth-order valence-corrected chi connectivity index (χ4v) is 11.2. The van der Waals surface area contributed by atoms with Gasteiger partial charge in [-0.25, -0.2) is 32.7 Å². The number of hydrogen-bond donors (Lipinski definition) is 6. The molecule has 2 aliphatic rings. The number of amides is 2. The van der Waals surface area contributed by atoms with Gasteiger partial charge in [-0.15, -0.1) is 45.3 Å². The van der Waals surface area contributed by atoms with E-state index in [1.807, 2.05) is 48.5 Å². The van der Waals surface area contributed by atoms with E-state index in [1.54, 1.807) is 33.7 Å². The Hall–Kier alpha value is -5.75. The Bertz CT molecular complexity index is 2730. The molecule has 8 rings (SSSR count). The molecule has 0 saturated carbocycles. The van der Waals surface area contributed by atoms with Crippen LogP contribution >= 0.6 is 45.3 Å². The van der Waals surface area contributed by atoms with Gasteiger partial charge in [0.05, 0.1) is 46.8 Å². The van der Waals surface area contributed by atoms with Gasteiger partial charge in [0.15, 0.2) is 5.13 Å². The first kappa shape index (κ1) is 47.2. The van der Waals surface area contributed by atoms with Crippen LogP contribution in [0.4, 0.5) is 33.6 Å². The van der Waals surface area contributed by atoms with Crippen LogP contribution in [0.2, 0.25) is 0 Å². The number of carbonyl (C=O) groups is 4. The molecular formula is C43H47N9O8S5. The second-order valence-electron chi connectivity index (χ2n) is 15.1. The number of sulfonamides is 1. The van der Waals surface area contributed by atoms with Gasteiger partial charge in [0.2, 0.25) is 10.0 Å². The lowest BCUT2D eigenvalue weighted by atomic mass is 10.0. The van der Waals surface area contributed by atoms with Crippen LogP contribution in [0.1, 0.15) is 76.6 Å². The second-order valence-corrected chi connectivity index (χ2v) is 20.5. The van der Waals surface area contributed by atoms with Crippen molar-refractivity contribution in [1.82, 2.24) is 14.7 Å². The Morgan fingerprint density at radius 2 is 1.31 bits per heavy atom. The van der Waals surface area contributed by atoms with E-state index in [0.29, 0.717) is 70.0 Å². The third-order valence-electron chi connectivity index (χ3n) is 10.5. The highest BCUT2D eigenvalue weighted by molar-refractivity contribution is 7.88. The van der Waals surface area contributed by atoms with Crippen molar-refractivity contribution in [2.24, 2.45) is 5.73 Å². The number of para-hydroxylation sites is 4. The molecule has 17 nitrogen and oxygen atoms in total. The lowest BCUT2D eigenvalue weighted by molar-refractivity contribution is 0.0606. The number of thiazole rings is 2. The van der Waals surface area contributed by atoms with E-state index in [1.165, 1.54) is 58.7 Å². The monoisotopic (exact) mass is 977 g/mol. The summed E-state index contributed by atoms with van der Waals surface area (Å²) in [7, 11) is -1.90. The number of thiophene rings is 2. The lowest BCUT2D eigenvalue weighted by Crippen LogP contribution is -2.44. The third-order valence-corrected chi connectivity index (χ3v) is 14.7. The van der Waals surface area contributed by atoms with E-state index >= 15 is 0 Å². The molecule has 0 spiro atoms. The number of piperidine rings is 2. The molecule has 6 heterocycles. The number of rotatable bonds is 14. The highest BCUT2D eigenvalue weighted by Gasteiger charge is 2.25. The quantitative estimate of drug-likeness (QED) is 0.0594. The van der Waals surface area contributed by atoms with Crippen molar-refractivity contribution in [3.63, 3.8) is 0 Å². The highest BCUT2D eigenvalue weighted by Crippen LogP contribution is 2.32. The smallest absolute Gasteiger partial charge is 0.350 e. The van der Waals surface area contributed by atoms with Crippen LogP contribution < -0.4 is 36.2 Å². The molecule has 65 heavy (non-hydrogen) atoms. The summed E-state index contributed by atoms with van der Waals surface area (Å²) in [4.78, 5) is 62.8. The highest BCUT2D eigenvalue weighted by atomic mass is 32.2. The van der Waals surface area contributed by atoms with Crippen LogP contribution in [0.15, 0.2) is 82.2 Å². The van der Waals surface area contributed by atoms with Crippen LogP contribution in [0.5, 0.6) is 0 Å². The number of anilines is 6. The summed E-state index contributed by atoms with van der Waals surface area (Å²) in [5.41, 5.74) is 11.1. The van der Waals surface area contributed by atoms with Gasteiger partial charge in [0.25, 0.3) is 11.8 Å². The van der Waals surface area contributed by atoms with E-state index in [0.717, 1.165) is 43.0 Å². The number of nitrogens with zero attached hydrogens (tertiary/aromatic N) is 4. The average Bonchev–Trinajstić information content (AvgIpc) is 4.14. The maximum atomic E-state index is 12.9. The van der Waals surface area contributed by atoms with Crippen LogP contribution in [0.3, 0.4) is 0 Å². The molecule has 7 N–H and O–H groups in total. The zero-order valence-corrected chi connectivity index (χ0v) is 39.4. The van der Waals surface area contributed by atoms with Crippen LogP contribution in [-0.2, 0) is 21.2 Å². The van der Waals surface area contributed by atoms with Gasteiger partial charge < -0.3 is 41.3 Å². The Morgan fingerprint density at radius 1 is 0.754 bits per heavy atom. The van der Waals surface area contributed by atoms with Gasteiger partial charge in [-0.2, -0.15) is 0 Å². The maximum absolute atomic E-state index is 12.9. The summed E-state index contributed by atoms with van der Waals surface area (Å²) in [5, 5.41) is 26.4. The van der Waals surface area contributed by atoms with E-state index in [2.05, 4.69) is 40.4 Å². The number of nitrogens with two attached hydrogens (primary N) is 1. The first-order valence-electron chi connectivity index (χ1n) is 20.4. The number of carbonyl (C=O) groups excluding carboxylic acids is 3. The van der Waals surface area contributed by atoms with E-state index < -0.39 is 22.0 Å². The SMILES string of the molecule is COC(=O)c1sccc1Nc1nc(C(=O)Nc2ccccc2N2CCC(N)CC2)cs1.CS(=O)(=O)NC1CCN(c2ccccc2NC(=O)c2csc(Cc3ccsc3C(=O)O)n2)CC1. The maximum Gasteiger partial charge on any atom is 0.350 e. The number of carboxylic acids is 1. The number of nitrogens with one attached hydrogen (secondary N) is 4. The summed E-state index contributed by atoms with van der Waals surface area (Å²) in [5.74, 6) is -2.01. The summed E-state index contributed by atoms with van der Waals surface area (Å²) < 4.78 is 30.4. The van der Waals surface area contributed by atoms with Crippen molar-refractivity contribution in [3.05, 3.63) is 114 Å². The van der Waals surface area contributed by atoms with Crippen LogP contribution in [-0.4, -0.2) is 98.9 Å². The number of esters is 1. The number of carboxylic acid groups (broad SMARTS) is 1. The molecule has 0 bridgehead atoms. The van der Waals surface area contributed by atoms with E-state index in [4.69, 9.17) is 10.5 Å². The number of aromatic nitrogens is 2. The summed E-state index contributed by atoms with van der Waals surface area (Å²) >= 11 is 5.06. The predicted molar refractivity (Wildman–Crippen MR) is 259 cm³/mol. The van der Waals surface area contributed by atoms with Gasteiger partial charge in [-0.3, -0.25) is 9.59 Å². The molecule has 342 valence electrons. The molecule has 2 amide bonds. The van der Waals surface area contributed by atoms with Crippen molar-refractivity contribution >= 4 is 113 Å². The zero-order chi connectivity index (χ0) is 46.1. The number of methoxy groups -OCH3 is 1. The van der Waals surface area contributed by atoms with Gasteiger partial charge in [0.1, 0.15) is 21.1 Å². The molecule has 22 heteroatoms. The third kappa shape index (κ3) is 12.5. The Kier molecular flexibility index (Phi) is 15.6. The minimum absolute atomic E-state index is 0.0914. The Morgan fingerprint density at radius 3 is 1.91 bits per heavy atom. The fraction of sp³-hybridized carbons (Fsp3) is 0.302. The molecule has 0 aliphatic carbocycles. The standard InChI is InChI=1S/C22H24N4O5S3.C21H23N5O3S2/c1-34(30,31)25-15-6-9-26(10-7-15)18-5-3-2-4-16(18)24-21(27)17-13-33-19(23-17)12-14-8-11-32-20(14)22(28)29;1-29-20(28)18-15(8-11-30-18)24-21-25-16(12-31-21)19(27)23-14-4-2-3-5-17(14)26-9-6-13(22)7-10-26/h2-5,8,11,13,15,25H,6-7,9-10,12H2,1H3,(H,24,27)(H,28,29);2-5,8,11-13H,6-7,9-10,22H2,1H3,(H,23,27)(H,24,25). The lowest BCUT2D eigenvalue weighted by Gasteiger charge is -2.34. The van der Waals surface area contributed by atoms with Crippen molar-refractivity contribution in [2.45, 2.75) is 44.2 Å². The molecule has 2 fully saturated rings. The average molecular weight is 978 g/mol. The molecule has 0 unspecified atom stereocenters. The number of ether oxygens (including phenoxy) is 1. The molecule has 2 saturated heterocycles. The first-order chi connectivity index (χ1) is 31.2. The molecule has 2 aliphatic heterocycles. The molecule has 2 aromatic carbocycles. The minimum atomic E-state index is -3.24.